The molecule has 25 heavy (non-hydrogen) atoms. The summed E-state index contributed by atoms with van der Waals surface area (Å²) in [7, 11) is -5.31. The molecule has 1 fully saturated rings. The van der Waals surface area contributed by atoms with E-state index in [0.29, 0.717) is 36.3 Å². The summed E-state index contributed by atoms with van der Waals surface area (Å²) in [6.07, 6.45) is 3.21. The third-order valence-corrected chi connectivity index (χ3v) is 8.48. The average molecular weight is 389 g/mol. The zero-order chi connectivity index (χ0) is 18.8. The second-order valence-electron chi connectivity index (χ2n) is 6.68. The van der Waals surface area contributed by atoms with Crippen molar-refractivity contribution in [3.8, 4) is 0 Å². The number of benzene rings is 1. The Labute approximate surface area is 151 Å². The molecule has 8 heteroatoms. The molecule has 2 rings (SSSR count). The van der Waals surface area contributed by atoms with E-state index < -0.39 is 20.0 Å². The van der Waals surface area contributed by atoms with Crippen LogP contribution in [-0.2, 0) is 20.0 Å². The van der Waals surface area contributed by atoms with Gasteiger partial charge in [0.2, 0.25) is 20.0 Å². The van der Waals surface area contributed by atoms with Crippen molar-refractivity contribution in [1.29, 1.82) is 0 Å². The van der Waals surface area contributed by atoms with Crippen LogP contribution in [0.1, 0.15) is 43.7 Å². The molecule has 1 aliphatic rings. The quantitative estimate of drug-likeness (QED) is 0.751. The standard InChI is InChI=1S/C17H28N2O4S2/c1-5-6-9-18(4)25(22,23)17-13-14(2)16(12-15(17)3)19-10-7-8-11-24(19,20)21/h12-13H,5-11H2,1-4H3. The van der Waals surface area contributed by atoms with Crippen molar-refractivity contribution in [2.24, 2.45) is 0 Å². The monoisotopic (exact) mass is 388 g/mol. The number of hydrogen-bond acceptors (Lipinski definition) is 4. The van der Waals surface area contributed by atoms with Gasteiger partial charge in [0.05, 0.1) is 16.3 Å². The molecule has 0 aliphatic carbocycles. The molecule has 0 spiro atoms. The fourth-order valence-electron chi connectivity index (χ4n) is 3.05. The third kappa shape index (κ3) is 4.17. The van der Waals surface area contributed by atoms with Gasteiger partial charge in [0.1, 0.15) is 0 Å². The molecular formula is C17H28N2O4S2. The Kier molecular flexibility index (Phi) is 6.17. The van der Waals surface area contributed by atoms with Gasteiger partial charge in [-0.05, 0) is 56.4 Å². The van der Waals surface area contributed by atoms with Gasteiger partial charge in [-0.25, -0.2) is 21.1 Å². The van der Waals surface area contributed by atoms with Gasteiger partial charge in [-0.2, -0.15) is 0 Å². The Morgan fingerprint density at radius 2 is 1.84 bits per heavy atom. The molecule has 142 valence electrons. The molecular weight excluding hydrogens is 360 g/mol. The van der Waals surface area contributed by atoms with Crippen molar-refractivity contribution in [2.75, 3.05) is 30.2 Å². The van der Waals surface area contributed by atoms with Gasteiger partial charge in [0.25, 0.3) is 0 Å². The fourth-order valence-corrected chi connectivity index (χ4v) is 6.24. The van der Waals surface area contributed by atoms with Crippen LogP contribution in [0.2, 0.25) is 0 Å². The highest BCUT2D eigenvalue weighted by molar-refractivity contribution is 7.92. The van der Waals surface area contributed by atoms with E-state index in [2.05, 4.69) is 0 Å². The van der Waals surface area contributed by atoms with Crippen LogP contribution in [0.15, 0.2) is 17.0 Å². The van der Waals surface area contributed by atoms with Gasteiger partial charge in [-0.3, -0.25) is 4.31 Å². The average Bonchev–Trinajstić information content (AvgIpc) is 2.54. The lowest BCUT2D eigenvalue weighted by molar-refractivity contribution is 0.459. The Bertz CT molecular complexity index is 832. The second kappa shape index (κ2) is 7.63. The van der Waals surface area contributed by atoms with Crippen molar-refractivity contribution in [3.05, 3.63) is 23.3 Å². The lowest BCUT2D eigenvalue weighted by atomic mass is 10.1. The lowest BCUT2D eigenvalue weighted by Gasteiger charge is -2.30. The maximum Gasteiger partial charge on any atom is 0.243 e. The molecule has 0 unspecified atom stereocenters. The van der Waals surface area contributed by atoms with Gasteiger partial charge in [-0.1, -0.05) is 13.3 Å². The number of hydrogen-bond donors (Lipinski definition) is 0. The zero-order valence-electron chi connectivity index (χ0n) is 15.4. The van der Waals surface area contributed by atoms with Gasteiger partial charge >= 0.3 is 0 Å². The summed E-state index contributed by atoms with van der Waals surface area (Å²) in [5.41, 5.74) is 1.83. The summed E-state index contributed by atoms with van der Waals surface area (Å²) in [5, 5.41) is 0. The molecule has 1 heterocycles. The summed E-state index contributed by atoms with van der Waals surface area (Å²) in [6.45, 7) is 6.43. The molecule has 1 aromatic rings. The van der Waals surface area contributed by atoms with E-state index in [-0.39, 0.29) is 10.6 Å². The van der Waals surface area contributed by atoms with E-state index >= 15 is 0 Å². The summed E-state index contributed by atoms with van der Waals surface area (Å²) < 4.78 is 53.1. The summed E-state index contributed by atoms with van der Waals surface area (Å²) in [6, 6.07) is 3.30. The SMILES string of the molecule is CCCCN(C)S(=O)(=O)c1cc(C)c(N2CCCCS2(=O)=O)cc1C. The van der Waals surface area contributed by atoms with Gasteiger partial charge in [-0.15, -0.1) is 0 Å². The predicted molar refractivity (Wildman–Crippen MR) is 101 cm³/mol. The second-order valence-corrected chi connectivity index (χ2v) is 10.7. The van der Waals surface area contributed by atoms with Gasteiger partial charge < -0.3 is 0 Å². The number of aryl methyl sites for hydroxylation is 2. The summed E-state index contributed by atoms with van der Waals surface area (Å²) >= 11 is 0. The Balaban J connectivity index is 2.44. The zero-order valence-corrected chi connectivity index (χ0v) is 17.1. The van der Waals surface area contributed by atoms with E-state index in [9.17, 15) is 16.8 Å². The first kappa shape index (κ1) is 20.2. The molecule has 0 radical (unpaired) electrons. The molecule has 0 N–H and O–H groups in total. The highest BCUT2D eigenvalue weighted by Gasteiger charge is 2.29. The Morgan fingerprint density at radius 3 is 2.44 bits per heavy atom. The minimum Gasteiger partial charge on any atom is -0.270 e. The molecule has 1 saturated heterocycles. The van der Waals surface area contributed by atoms with Crippen molar-refractivity contribution in [1.82, 2.24) is 4.31 Å². The minimum absolute atomic E-state index is 0.144. The van der Waals surface area contributed by atoms with E-state index in [1.165, 1.54) is 8.61 Å². The first-order valence-corrected chi connectivity index (χ1v) is 11.7. The first-order valence-electron chi connectivity index (χ1n) is 8.69. The number of unbranched alkanes of at least 4 members (excludes halogenated alkanes) is 1. The maximum atomic E-state index is 12.8. The Hall–Kier alpha value is -1.12. The number of rotatable bonds is 6. The van der Waals surface area contributed by atoms with Gasteiger partial charge in [0.15, 0.2) is 0 Å². The van der Waals surface area contributed by atoms with Crippen LogP contribution in [-0.4, -0.2) is 47.0 Å². The van der Waals surface area contributed by atoms with Crippen LogP contribution in [0.25, 0.3) is 0 Å². The van der Waals surface area contributed by atoms with E-state index in [1.807, 2.05) is 6.92 Å². The van der Waals surface area contributed by atoms with Crippen molar-refractivity contribution >= 4 is 25.7 Å². The predicted octanol–water partition coefficient (Wildman–Crippen LogP) is 2.65. The van der Waals surface area contributed by atoms with E-state index in [4.69, 9.17) is 0 Å². The summed E-state index contributed by atoms with van der Waals surface area (Å²) in [4.78, 5) is 0.252. The Morgan fingerprint density at radius 1 is 1.16 bits per heavy atom. The van der Waals surface area contributed by atoms with Crippen LogP contribution >= 0.6 is 0 Å². The van der Waals surface area contributed by atoms with E-state index in [0.717, 1.165) is 19.3 Å². The van der Waals surface area contributed by atoms with Crippen molar-refractivity contribution in [2.45, 2.75) is 51.3 Å². The molecule has 0 amide bonds. The van der Waals surface area contributed by atoms with E-state index in [1.54, 1.807) is 33.0 Å². The first-order chi connectivity index (χ1) is 11.6. The number of nitrogens with zero attached hydrogens (tertiary/aromatic N) is 2. The van der Waals surface area contributed by atoms with Crippen LogP contribution in [0, 0.1) is 13.8 Å². The number of sulfonamides is 2. The van der Waals surface area contributed by atoms with Crippen molar-refractivity contribution < 1.29 is 16.8 Å². The molecule has 0 saturated carbocycles. The van der Waals surface area contributed by atoms with Gasteiger partial charge in [0, 0.05) is 20.1 Å². The highest BCUT2D eigenvalue weighted by atomic mass is 32.2. The maximum absolute atomic E-state index is 12.8. The smallest absolute Gasteiger partial charge is 0.243 e. The molecule has 1 aromatic carbocycles. The van der Waals surface area contributed by atoms with Crippen LogP contribution in [0.5, 0.6) is 0 Å². The normalized spacial score (nSPS) is 17.9. The molecule has 0 atom stereocenters. The lowest BCUT2D eigenvalue weighted by Crippen LogP contribution is -2.38. The molecule has 1 aliphatic heterocycles. The third-order valence-electron chi connectivity index (χ3n) is 4.63. The molecule has 0 bridgehead atoms. The molecule has 6 nitrogen and oxygen atoms in total. The van der Waals surface area contributed by atoms with Crippen molar-refractivity contribution in [3.63, 3.8) is 0 Å². The number of anilines is 1. The largest absolute Gasteiger partial charge is 0.270 e. The highest BCUT2D eigenvalue weighted by Crippen LogP contribution is 2.32. The summed E-state index contributed by atoms with van der Waals surface area (Å²) in [5.74, 6) is 0.144. The fraction of sp³-hybridized carbons (Fsp3) is 0.647. The minimum atomic E-state index is -3.58. The van der Waals surface area contributed by atoms with Crippen LogP contribution in [0.3, 0.4) is 0 Å². The topological polar surface area (TPSA) is 74.8 Å². The molecule has 0 aromatic heterocycles. The van der Waals surface area contributed by atoms with Crippen LogP contribution < -0.4 is 4.31 Å². The van der Waals surface area contributed by atoms with Crippen LogP contribution in [0.4, 0.5) is 5.69 Å².